The molecular weight excluding hydrogens is 246 g/mol. The monoisotopic (exact) mass is 269 g/mol. The van der Waals surface area contributed by atoms with Crippen molar-refractivity contribution in [3.63, 3.8) is 0 Å². The summed E-state index contributed by atoms with van der Waals surface area (Å²) < 4.78 is 0. The summed E-state index contributed by atoms with van der Waals surface area (Å²) in [6.45, 7) is 4.17. The van der Waals surface area contributed by atoms with Crippen LogP contribution in [-0.2, 0) is 12.8 Å². The van der Waals surface area contributed by atoms with Crippen LogP contribution in [0, 0.1) is 0 Å². The van der Waals surface area contributed by atoms with Crippen molar-refractivity contribution in [3.8, 4) is 0 Å². The molecule has 2 N–H and O–H groups in total. The molecule has 1 aromatic carbocycles. The highest BCUT2D eigenvalue weighted by atomic mass is 15.2. The van der Waals surface area contributed by atoms with Gasteiger partial charge in [0.05, 0.1) is 0 Å². The van der Waals surface area contributed by atoms with E-state index in [1.54, 1.807) is 0 Å². The number of benzene rings is 1. The highest BCUT2D eigenvalue weighted by molar-refractivity contribution is 5.59. The van der Waals surface area contributed by atoms with Gasteiger partial charge >= 0.3 is 0 Å². The van der Waals surface area contributed by atoms with Crippen LogP contribution >= 0.6 is 0 Å². The zero-order chi connectivity index (χ0) is 14.5. The summed E-state index contributed by atoms with van der Waals surface area (Å²) in [5.41, 5.74) is 9.48. The third-order valence-electron chi connectivity index (χ3n) is 3.44. The molecule has 1 unspecified atom stereocenters. The molecule has 0 aliphatic heterocycles. The van der Waals surface area contributed by atoms with Crippen molar-refractivity contribution in [2.24, 2.45) is 5.73 Å². The Morgan fingerprint density at radius 3 is 2.25 bits per heavy atom. The number of hydrogen-bond donors (Lipinski definition) is 1. The van der Waals surface area contributed by atoms with Gasteiger partial charge < -0.3 is 10.6 Å². The molecule has 0 saturated heterocycles. The van der Waals surface area contributed by atoms with Gasteiger partial charge in [-0.3, -0.25) is 0 Å². The topological polar surface area (TPSA) is 42.1 Å². The second-order valence-electron chi connectivity index (χ2n) is 5.29. The summed E-state index contributed by atoms with van der Waals surface area (Å²) >= 11 is 0. The summed E-state index contributed by atoms with van der Waals surface area (Å²) in [6.07, 6.45) is 3.84. The van der Waals surface area contributed by atoms with Gasteiger partial charge in [0.2, 0.25) is 0 Å². The van der Waals surface area contributed by atoms with Crippen LogP contribution in [-0.4, -0.2) is 18.1 Å². The first-order valence-electron chi connectivity index (χ1n) is 7.13. The van der Waals surface area contributed by atoms with Crippen LogP contribution in [0.3, 0.4) is 0 Å². The normalized spacial score (nSPS) is 12.2. The quantitative estimate of drug-likeness (QED) is 0.905. The Kier molecular flexibility index (Phi) is 4.74. The highest BCUT2D eigenvalue weighted by Gasteiger charge is 2.06. The summed E-state index contributed by atoms with van der Waals surface area (Å²) in [5, 5.41) is 0. The van der Waals surface area contributed by atoms with Crippen molar-refractivity contribution in [2.75, 3.05) is 11.9 Å². The number of rotatable bonds is 5. The van der Waals surface area contributed by atoms with Gasteiger partial charge in [-0.2, -0.15) is 0 Å². The fourth-order valence-corrected chi connectivity index (χ4v) is 2.20. The molecule has 0 amide bonds. The molecule has 2 aromatic rings. The van der Waals surface area contributed by atoms with E-state index in [4.69, 9.17) is 5.73 Å². The van der Waals surface area contributed by atoms with Crippen LogP contribution < -0.4 is 10.6 Å². The Balaban J connectivity index is 2.13. The summed E-state index contributed by atoms with van der Waals surface area (Å²) in [7, 11) is 2.04. The van der Waals surface area contributed by atoms with Gasteiger partial charge in [0, 0.05) is 25.0 Å². The van der Waals surface area contributed by atoms with Crippen LogP contribution in [0.25, 0.3) is 0 Å². The lowest BCUT2D eigenvalue weighted by atomic mass is 10.1. The smallest absolute Gasteiger partial charge is 0.132 e. The maximum Gasteiger partial charge on any atom is 0.132 e. The highest BCUT2D eigenvalue weighted by Crippen LogP contribution is 2.22. The van der Waals surface area contributed by atoms with E-state index in [1.165, 1.54) is 11.1 Å². The van der Waals surface area contributed by atoms with Crippen LogP contribution in [0.4, 0.5) is 11.5 Å². The van der Waals surface area contributed by atoms with Crippen LogP contribution in [0.2, 0.25) is 0 Å². The fourth-order valence-electron chi connectivity index (χ4n) is 2.20. The van der Waals surface area contributed by atoms with Gasteiger partial charge in [-0.15, -0.1) is 0 Å². The number of aryl methyl sites for hydroxylation is 1. The number of aromatic nitrogens is 1. The Bertz CT molecular complexity index is 529. The molecule has 0 saturated carbocycles. The number of anilines is 2. The predicted molar refractivity (Wildman–Crippen MR) is 85.5 cm³/mol. The van der Waals surface area contributed by atoms with E-state index >= 15 is 0 Å². The van der Waals surface area contributed by atoms with Gasteiger partial charge in [-0.1, -0.05) is 25.1 Å². The van der Waals surface area contributed by atoms with Crippen molar-refractivity contribution in [1.82, 2.24) is 4.98 Å². The molecule has 0 aliphatic rings. The Labute approximate surface area is 121 Å². The second-order valence-corrected chi connectivity index (χ2v) is 5.29. The van der Waals surface area contributed by atoms with Crippen LogP contribution in [0.1, 0.15) is 25.0 Å². The molecule has 1 aromatic heterocycles. The maximum atomic E-state index is 5.80. The first-order chi connectivity index (χ1) is 9.60. The molecule has 2 rings (SSSR count). The van der Waals surface area contributed by atoms with Crippen LogP contribution in [0.5, 0.6) is 0 Å². The van der Waals surface area contributed by atoms with E-state index in [0.717, 1.165) is 24.3 Å². The maximum absolute atomic E-state index is 5.80. The third-order valence-corrected chi connectivity index (χ3v) is 3.44. The summed E-state index contributed by atoms with van der Waals surface area (Å²) in [5.74, 6) is 0.947. The molecule has 0 radical (unpaired) electrons. The lowest BCUT2D eigenvalue weighted by Gasteiger charge is -2.19. The molecule has 0 aliphatic carbocycles. The minimum Gasteiger partial charge on any atom is -0.329 e. The Hall–Kier alpha value is -1.87. The minimum absolute atomic E-state index is 0.168. The average molecular weight is 269 g/mol. The third kappa shape index (κ3) is 3.58. The van der Waals surface area contributed by atoms with Gasteiger partial charge in [-0.05, 0) is 49.1 Å². The molecule has 20 heavy (non-hydrogen) atoms. The van der Waals surface area contributed by atoms with Crippen molar-refractivity contribution >= 4 is 11.5 Å². The molecule has 0 spiro atoms. The Morgan fingerprint density at radius 2 is 1.75 bits per heavy atom. The number of hydrogen-bond acceptors (Lipinski definition) is 3. The zero-order valence-electron chi connectivity index (χ0n) is 12.5. The first kappa shape index (κ1) is 14.5. The lowest BCUT2D eigenvalue weighted by Crippen LogP contribution is -2.18. The molecule has 106 valence electrons. The zero-order valence-corrected chi connectivity index (χ0v) is 12.5. The largest absolute Gasteiger partial charge is 0.329 e. The van der Waals surface area contributed by atoms with Gasteiger partial charge in [0.15, 0.2) is 0 Å². The van der Waals surface area contributed by atoms with Gasteiger partial charge in [0.1, 0.15) is 5.82 Å². The van der Waals surface area contributed by atoms with Crippen molar-refractivity contribution in [1.29, 1.82) is 0 Å². The SMILES string of the molecule is CCc1ccc(N(C)c2ccc(CC(C)N)cn2)cc1. The molecule has 0 fully saturated rings. The number of pyridine rings is 1. The van der Waals surface area contributed by atoms with E-state index in [1.807, 2.05) is 26.2 Å². The second kappa shape index (κ2) is 6.53. The van der Waals surface area contributed by atoms with E-state index in [0.29, 0.717) is 0 Å². The molecule has 1 heterocycles. The van der Waals surface area contributed by atoms with E-state index < -0.39 is 0 Å². The molecular formula is C17H23N3. The van der Waals surface area contributed by atoms with Gasteiger partial charge in [0.25, 0.3) is 0 Å². The summed E-state index contributed by atoms with van der Waals surface area (Å²) in [4.78, 5) is 6.61. The van der Waals surface area contributed by atoms with Crippen molar-refractivity contribution < 1.29 is 0 Å². The van der Waals surface area contributed by atoms with Crippen molar-refractivity contribution in [2.45, 2.75) is 32.7 Å². The molecule has 3 heteroatoms. The van der Waals surface area contributed by atoms with E-state index in [-0.39, 0.29) is 6.04 Å². The summed E-state index contributed by atoms with van der Waals surface area (Å²) in [6, 6.07) is 12.9. The minimum atomic E-state index is 0.168. The standard InChI is InChI=1S/C17H23N3/c1-4-14-5-8-16(9-6-14)20(3)17-10-7-15(12-19-17)11-13(2)18/h5-10,12-13H,4,11,18H2,1-3H3. The van der Waals surface area contributed by atoms with Crippen LogP contribution in [0.15, 0.2) is 42.6 Å². The first-order valence-corrected chi connectivity index (χ1v) is 7.13. The van der Waals surface area contributed by atoms with Gasteiger partial charge in [-0.25, -0.2) is 4.98 Å². The Morgan fingerprint density at radius 1 is 1.10 bits per heavy atom. The molecule has 1 atom stereocenters. The fraction of sp³-hybridized carbons (Fsp3) is 0.353. The average Bonchev–Trinajstić information content (AvgIpc) is 2.47. The van der Waals surface area contributed by atoms with E-state index in [9.17, 15) is 0 Å². The lowest BCUT2D eigenvalue weighted by molar-refractivity contribution is 0.735. The van der Waals surface area contributed by atoms with E-state index in [2.05, 4.69) is 47.1 Å². The number of nitrogens with zero attached hydrogens (tertiary/aromatic N) is 2. The van der Waals surface area contributed by atoms with Crippen molar-refractivity contribution in [3.05, 3.63) is 53.7 Å². The molecule has 3 nitrogen and oxygen atoms in total. The molecule has 0 bridgehead atoms. The number of nitrogens with two attached hydrogens (primary N) is 1. The predicted octanol–water partition coefficient (Wildman–Crippen LogP) is 3.30.